The van der Waals surface area contributed by atoms with Crippen molar-refractivity contribution in [2.75, 3.05) is 21.3 Å². The van der Waals surface area contributed by atoms with E-state index in [-0.39, 0.29) is 39.0 Å². The average Bonchev–Trinajstić information content (AvgIpc) is 1.67. The Morgan fingerprint density at radius 1 is 0.389 bits per heavy atom. The number of aromatic nitrogens is 5. The Morgan fingerprint density at radius 2 is 0.769 bits per heavy atom. The van der Waals surface area contributed by atoms with Crippen LogP contribution in [0.1, 0.15) is 200 Å². The minimum absolute atomic E-state index is 0. The largest absolute Gasteiger partial charge is 0.508 e. The van der Waals surface area contributed by atoms with Crippen LogP contribution in [-0.2, 0) is 54.1 Å². The molecule has 0 saturated carbocycles. The van der Waals surface area contributed by atoms with Gasteiger partial charge in [0.1, 0.15) is 43.6 Å². The number of rotatable bonds is 10. The zero-order valence-electron chi connectivity index (χ0n) is 70.2. The first kappa shape index (κ1) is 107. The van der Waals surface area contributed by atoms with E-state index in [4.69, 9.17) is 52.8 Å². The van der Waals surface area contributed by atoms with E-state index in [9.17, 15) is 9.90 Å². The van der Waals surface area contributed by atoms with Gasteiger partial charge in [-0.15, -0.1) is 13.0 Å². The predicted octanol–water partition coefficient (Wildman–Crippen LogP) is 23.8. The normalized spacial score (nSPS) is 9.38. The fourth-order valence-electron chi connectivity index (χ4n) is 7.80. The summed E-state index contributed by atoms with van der Waals surface area (Å²) in [6.07, 6.45) is 0. The van der Waals surface area contributed by atoms with Gasteiger partial charge in [-0.05, 0) is 111 Å². The maximum Gasteiger partial charge on any atom is 0.248 e. The van der Waals surface area contributed by atoms with E-state index in [1.54, 1.807) is 75.9 Å². The van der Waals surface area contributed by atoms with Gasteiger partial charge in [0.15, 0.2) is 46.0 Å². The predicted molar refractivity (Wildman–Crippen MR) is 444 cm³/mol. The molecule has 0 radical (unpaired) electrons. The molecule has 5 aromatic heterocycles. The van der Waals surface area contributed by atoms with Crippen LogP contribution in [0, 0.1) is 41.5 Å². The third-order valence-electron chi connectivity index (χ3n) is 12.9. The quantitative estimate of drug-likeness (QED) is 0.0933. The summed E-state index contributed by atoms with van der Waals surface area (Å²) < 4.78 is 49.2. The van der Waals surface area contributed by atoms with Crippen LogP contribution in [0.15, 0.2) is 187 Å². The Hall–Kier alpha value is -10.0. The number of nitrogens with zero attached hydrogens (tertiary/aromatic N) is 4. The molecule has 0 saturated heterocycles. The Bertz CT molecular complexity index is 3790. The fourth-order valence-corrected chi connectivity index (χ4v) is 7.80. The molecule has 4 N–H and O–H groups in total. The Morgan fingerprint density at radius 3 is 1.20 bits per heavy atom. The molecular weight excluding hydrogens is 1530 g/mol. The molecule has 0 spiro atoms. The number of aryl methyl sites for hydroxylation is 5. The van der Waals surface area contributed by atoms with Crippen molar-refractivity contribution in [3.8, 4) is 75.1 Å². The molecule has 10 aromatic rings. The number of H-pyrrole nitrogens is 1. The monoisotopic (exact) mass is 1660 g/mol. The van der Waals surface area contributed by atoms with E-state index in [1.807, 2.05) is 294 Å². The number of phenolic OH excluding ortho intramolecular Hbond substituents is 2. The second-order valence-electron chi connectivity index (χ2n) is 19.2. The number of hydrogen-bond donors (Lipinski definition) is 4. The topological polar surface area (TPSA) is 228 Å². The maximum absolute atomic E-state index is 11.2. The number of para-hydroxylation sites is 8. The number of nitrogens with one attached hydrogen (secondary N) is 1. The van der Waals surface area contributed by atoms with Crippen molar-refractivity contribution in [1.82, 2.24) is 24.9 Å². The number of hydrogen-bond acceptors (Lipinski definition) is 17. The summed E-state index contributed by atoms with van der Waals surface area (Å²) in [5.74, 6) is 7.66. The number of ether oxygens (including phenoxy) is 9. The van der Waals surface area contributed by atoms with Crippen molar-refractivity contribution in [2.45, 2.75) is 206 Å². The summed E-state index contributed by atoms with van der Waals surface area (Å²) in [5, 5.41) is 27.2. The molecule has 108 heavy (non-hydrogen) atoms. The number of fused-ring (bicyclic) bond motifs is 4. The van der Waals surface area contributed by atoms with Gasteiger partial charge >= 0.3 is 0 Å². The van der Waals surface area contributed by atoms with Crippen molar-refractivity contribution < 1.29 is 79.0 Å². The van der Waals surface area contributed by atoms with Crippen molar-refractivity contribution in [3.63, 3.8) is 0 Å². The van der Waals surface area contributed by atoms with Gasteiger partial charge < -0.3 is 62.9 Å². The van der Waals surface area contributed by atoms with Crippen LogP contribution < -0.4 is 48.2 Å². The van der Waals surface area contributed by atoms with Gasteiger partial charge in [0.2, 0.25) is 23.2 Å². The summed E-state index contributed by atoms with van der Waals surface area (Å²) in [4.78, 5) is 30.9. The van der Waals surface area contributed by atoms with E-state index in [1.165, 1.54) is 6.07 Å². The summed E-state index contributed by atoms with van der Waals surface area (Å²) in [6.45, 7) is 54.9. The zero-order chi connectivity index (χ0) is 82.1. The third-order valence-corrected chi connectivity index (χ3v) is 12.9. The summed E-state index contributed by atoms with van der Waals surface area (Å²) in [7, 11) is 4.77. The summed E-state index contributed by atoms with van der Waals surface area (Å²) in [6, 6.07) is 55.0. The number of aliphatic hydroxyl groups is 1. The molecule has 5 aromatic carbocycles. The van der Waals surface area contributed by atoms with Crippen molar-refractivity contribution in [2.24, 2.45) is 0 Å². The molecule has 7 heterocycles. The first-order valence-corrected chi connectivity index (χ1v) is 37.4. The van der Waals surface area contributed by atoms with E-state index < -0.39 is 0 Å². The third kappa shape index (κ3) is 40.6. The maximum atomic E-state index is 11.2. The molecule has 0 fully saturated rings. The standard InChI is InChI=1S/C15H17NO2.C14H15NO3.C13H11NO3.C12H9NO3.C8H10NO.C7H8O.10C2H6.W/c1-11-8-9-15(17-3)16-13(11)10-18-14-7-5-4-6-12(14)2;1-10-7-8-14(17-2)15-11(10)9-18-13-6-4-3-5-12(13)16;1-15-13-7-6-10-9(14-13)8-16-11-4-2-3-5-12(11)17-10;14-12-6-5-9-8(13-12)7-15-10-3-1-2-4-11(10)16-9;1-6-3-4-8(5-10)9-7(6)2;1-6-4-2-3-5-7(6)8;10*1-2;/h4-9H,10H2,1-3H3;3-8,16H,9H2,1-2H3;2-7H,8H2,1H3;1-6H,7H2,(H,13,14);3-4,10H,2,5H2,1H3;2-5,8H,1H3;10*1-2H3;/q;;;;-1;;;;;;;;;;;;. The van der Waals surface area contributed by atoms with Crippen LogP contribution in [0.2, 0.25) is 0 Å². The number of pyridine rings is 5. The number of methoxy groups -OCH3 is 3. The Labute approximate surface area is 663 Å². The Balaban J connectivity index is -0.000000379. The molecular formula is C89H130N5O13W-. The summed E-state index contributed by atoms with van der Waals surface area (Å²) in [5.41, 5.74) is 9.57. The van der Waals surface area contributed by atoms with Gasteiger partial charge in [-0.25, -0.2) is 21.9 Å². The zero-order valence-corrected chi connectivity index (χ0v) is 73.1. The smallest absolute Gasteiger partial charge is 0.248 e. The van der Waals surface area contributed by atoms with Gasteiger partial charge in [0.05, 0.1) is 50.7 Å². The molecule has 12 rings (SSSR count). The van der Waals surface area contributed by atoms with Crippen molar-refractivity contribution >= 4 is 0 Å². The summed E-state index contributed by atoms with van der Waals surface area (Å²) >= 11 is 0. The molecule has 596 valence electrons. The molecule has 2 aliphatic rings. The van der Waals surface area contributed by atoms with E-state index in [2.05, 4.69) is 31.8 Å². The van der Waals surface area contributed by atoms with E-state index in [0.29, 0.717) is 95.7 Å². The van der Waals surface area contributed by atoms with Gasteiger partial charge in [0.25, 0.3) is 0 Å². The molecule has 0 bridgehead atoms. The molecule has 0 aliphatic carbocycles. The van der Waals surface area contributed by atoms with Crippen molar-refractivity contribution in [1.29, 1.82) is 0 Å². The van der Waals surface area contributed by atoms with Crippen LogP contribution in [0.3, 0.4) is 0 Å². The van der Waals surface area contributed by atoms with Gasteiger partial charge in [-0.3, -0.25) is 9.78 Å². The molecule has 0 atom stereocenters. The number of aliphatic hydroxyl groups excluding tert-OH is 1. The first-order valence-electron chi connectivity index (χ1n) is 37.4. The van der Waals surface area contributed by atoms with Gasteiger partial charge in [-0.1, -0.05) is 235 Å². The minimum Gasteiger partial charge on any atom is -0.508 e. The molecule has 2 aliphatic heterocycles. The second-order valence-corrected chi connectivity index (χ2v) is 19.2. The number of benzene rings is 5. The Kier molecular flexibility index (Phi) is 67.9. The minimum atomic E-state index is -0.156. The molecule has 0 amide bonds. The SMILES string of the molecule is CC.CC.CC.CC.CC.CC.CC.CC.CC.CC.COc1ccc(C)c(COc2ccccc2C)n1.COc1ccc(C)c(COc2ccccc2O)n1.COc1ccc2c(n1)COc1ccccc1O2.Cc1ccccc1O.O=c1ccc2c([nH]1)COc1ccccc1O2.[CH2-]c1nc(CO)ccc1C.[W]. The van der Waals surface area contributed by atoms with Crippen LogP contribution in [0.5, 0.6) is 75.1 Å². The van der Waals surface area contributed by atoms with E-state index in [0.717, 1.165) is 62.1 Å². The van der Waals surface area contributed by atoms with Gasteiger partial charge in [0, 0.05) is 45.3 Å². The number of aromatic hydroxyl groups is 2. The number of aromatic amines is 1. The average molecular weight is 1660 g/mol. The van der Waals surface area contributed by atoms with Crippen LogP contribution in [0.25, 0.3) is 0 Å². The van der Waals surface area contributed by atoms with Crippen LogP contribution in [0.4, 0.5) is 0 Å². The van der Waals surface area contributed by atoms with Gasteiger partial charge in [-0.2, -0.15) is 5.56 Å². The molecule has 0 unspecified atom stereocenters. The molecule has 18 nitrogen and oxygen atoms in total. The number of phenols is 2. The second kappa shape index (κ2) is 68.8. The van der Waals surface area contributed by atoms with Crippen LogP contribution in [-0.4, -0.2) is 61.6 Å². The fraction of sp³-hybridized carbons (Fsp3) is 0.371. The van der Waals surface area contributed by atoms with E-state index >= 15 is 0 Å². The van der Waals surface area contributed by atoms with Crippen molar-refractivity contribution in [3.05, 3.63) is 261 Å². The van der Waals surface area contributed by atoms with Crippen LogP contribution >= 0.6 is 0 Å². The molecule has 19 heteroatoms. The first-order chi connectivity index (χ1) is 52.1.